The van der Waals surface area contributed by atoms with E-state index in [2.05, 4.69) is 59.5 Å². The van der Waals surface area contributed by atoms with Crippen LogP contribution in [0.3, 0.4) is 0 Å². The van der Waals surface area contributed by atoms with Crippen LogP contribution in [0.25, 0.3) is 11.3 Å². The number of aromatic nitrogens is 4. The molecule has 1 aliphatic heterocycles. The summed E-state index contributed by atoms with van der Waals surface area (Å²) in [6.45, 7) is 4.49. The maximum absolute atomic E-state index is 13.1. The van der Waals surface area contributed by atoms with Gasteiger partial charge in [0.05, 0.1) is 5.69 Å². The number of carbonyl (C=O) groups excluding carboxylic acids is 1. The number of hydrogen-bond donors (Lipinski definition) is 2. The van der Waals surface area contributed by atoms with Crippen LogP contribution in [0.15, 0.2) is 73.1 Å². The van der Waals surface area contributed by atoms with Gasteiger partial charge in [-0.05, 0) is 35.9 Å². The van der Waals surface area contributed by atoms with E-state index in [1.807, 2.05) is 6.07 Å². The van der Waals surface area contributed by atoms with Gasteiger partial charge in [0.15, 0.2) is 0 Å². The minimum atomic E-state index is -0.363. The lowest BCUT2D eigenvalue weighted by atomic mass is 10.1. The van der Waals surface area contributed by atoms with Crippen molar-refractivity contribution < 1.29 is 9.18 Å². The summed E-state index contributed by atoms with van der Waals surface area (Å²) in [6.07, 6.45) is 1.46. The molecule has 0 radical (unpaired) electrons. The molecule has 4 aromatic rings. The summed E-state index contributed by atoms with van der Waals surface area (Å²) < 4.78 is 13.1. The van der Waals surface area contributed by atoms with E-state index in [-0.39, 0.29) is 17.4 Å². The van der Waals surface area contributed by atoms with E-state index in [1.165, 1.54) is 24.0 Å². The minimum Gasteiger partial charge on any atom is -0.354 e. The number of benzene rings is 2. The monoisotopic (exact) mass is 457 g/mol. The Kier molecular flexibility index (Phi) is 6.26. The van der Waals surface area contributed by atoms with Crippen LogP contribution in [0.5, 0.6) is 0 Å². The molecule has 1 amide bonds. The summed E-state index contributed by atoms with van der Waals surface area (Å²) in [7, 11) is 0. The lowest BCUT2D eigenvalue weighted by Crippen LogP contribution is -2.46. The second-order valence-corrected chi connectivity index (χ2v) is 8.14. The summed E-state index contributed by atoms with van der Waals surface area (Å²) in [5, 5.41) is 9.67. The number of hydrogen-bond acceptors (Lipinski definition) is 6. The number of aromatic amines is 1. The molecule has 9 heteroatoms. The molecule has 3 heterocycles. The van der Waals surface area contributed by atoms with E-state index in [9.17, 15) is 9.18 Å². The first-order valence-corrected chi connectivity index (χ1v) is 11.1. The first-order valence-electron chi connectivity index (χ1n) is 11.1. The van der Waals surface area contributed by atoms with Crippen LogP contribution < -0.4 is 10.2 Å². The van der Waals surface area contributed by atoms with E-state index < -0.39 is 0 Å². The molecule has 0 aliphatic carbocycles. The van der Waals surface area contributed by atoms with E-state index in [4.69, 9.17) is 0 Å². The van der Waals surface area contributed by atoms with Crippen LogP contribution in [0.4, 0.5) is 16.0 Å². The van der Waals surface area contributed by atoms with Crippen molar-refractivity contribution in [3.8, 4) is 11.3 Å². The number of nitrogens with zero attached hydrogens (tertiary/aromatic N) is 5. The van der Waals surface area contributed by atoms with Gasteiger partial charge >= 0.3 is 0 Å². The minimum absolute atomic E-state index is 0.286. The van der Waals surface area contributed by atoms with Crippen molar-refractivity contribution in [2.24, 2.45) is 0 Å². The third-order valence-electron chi connectivity index (χ3n) is 5.80. The highest BCUT2D eigenvalue weighted by molar-refractivity contribution is 6.03. The Labute approximate surface area is 196 Å². The van der Waals surface area contributed by atoms with Crippen molar-refractivity contribution in [2.75, 3.05) is 36.4 Å². The number of amides is 1. The zero-order valence-electron chi connectivity index (χ0n) is 18.5. The SMILES string of the molecule is O=C(Nc1cc(N2CCN(Cc3ccccc3)CC2)ncn1)c1cc(-c2ccc(F)cc2)n[nH]1. The van der Waals surface area contributed by atoms with Gasteiger partial charge in [0.25, 0.3) is 5.91 Å². The highest BCUT2D eigenvalue weighted by Crippen LogP contribution is 2.20. The maximum atomic E-state index is 13.1. The number of piperazine rings is 1. The molecule has 8 nitrogen and oxygen atoms in total. The Hall–Kier alpha value is -4.11. The zero-order valence-corrected chi connectivity index (χ0v) is 18.5. The van der Waals surface area contributed by atoms with Gasteiger partial charge in [0, 0.05) is 44.4 Å². The van der Waals surface area contributed by atoms with Gasteiger partial charge in [-0.15, -0.1) is 0 Å². The summed E-state index contributed by atoms with van der Waals surface area (Å²) in [6, 6.07) is 19.8. The summed E-state index contributed by atoms with van der Waals surface area (Å²) >= 11 is 0. The lowest BCUT2D eigenvalue weighted by Gasteiger charge is -2.35. The van der Waals surface area contributed by atoms with Crippen LogP contribution in [-0.2, 0) is 6.54 Å². The average Bonchev–Trinajstić information content (AvgIpc) is 3.36. The average molecular weight is 458 g/mol. The highest BCUT2D eigenvalue weighted by atomic mass is 19.1. The molecule has 0 bridgehead atoms. The van der Waals surface area contributed by atoms with Crippen LogP contribution in [0, 0.1) is 5.82 Å². The molecular weight excluding hydrogens is 433 g/mol. The van der Waals surface area contributed by atoms with Crippen molar-refractivity contribution in [3.63, 3.8) is 0 Å². The number of anilines is 2. The molecule has 1 fully saturated rings. The van der Waals surface area contributed by atoms with Gasteiger partial charge in [-0.25, -0.2) is 14.4 Å². The van der Waals surface area contributed by atoms with Crippen LogP contribution in [0.2, 0.25) is 0 Å². The number of carbonyl (C=O) groups is 1. The van der Waals surface area contributed by atoms with Crippen LogP contribution in [0.1, 0.15) is 16.1 Å². The molecular formula is C25H24FN7O. The number of rotatable bonds is 6. The summed E-state index contributed by atoms with van der Waals surface area (Å²) in [5.74, 6) is 0.508. The molecule has 0 saturated carbocycles. The van der Waals surface area contributed by atoms with Crippen LogP contribution >= 0.6 is 0 Å². The molecule has 2 N–H and O–H groups in total. The van der Waals surface area contributed by atoms with Crippen LogP contribution in [-0.4, -0.2) is 57.2 Å². The largest absolute Gasteiger partial charge is 0.354 e. The second-order valence-electron chi connectivity index (χ2n) is 8.14. The highest BCUT2D eigenvalue weighted by Gasteiger charge is 2.19. The van der Waals surface area contributed by atoms with Crippen molar-refractivity contribution in [1.82, 2.24) is 25.1 Å². The third kappa shape index (κ3) is 5.10. The predicted molar refractivity (Wildman–Crippen MR) is 128 cm³/mol. The van der Waals surface area contributed by atoms with Gasteiger partial charge in [-0.3, -0.25) is 14.8 Å². The predicted octanol–water partition coefficient (Wildman–Crippen LogP) is 3.58. The summed E-state index contributed by atoms with van der Waals surface area (Å²) in [5.41, 5.74) is 2.87. The lowest BCUT2D eigenvalue weighted by molar-refractivity contribution is 0.102. The molecule has 0 spiro atoms. The molecule has 0 unspecified atom stereocenters. The molecule has 0 atom stereocenters. The fraction of sp³-hybridized carbons (Fsp3) is 0.200. The normalized spacial score (nSPS) is 14.2. The van der Waals surface area contributed by atoms with E-state index >= 15 is 0 Å². The third-order valence-corrected chi connectivity index (χ3v) is 5.80. The fourth-order valence-corrected chi connectivity index (χ4v) is 3.96. The topological polar surface area (TPSA) is 90.0 Å². The maximum Gasteiger partial charge on any atom is 0.274 e. The molecule has 2 aromatic carbocycles. The first-order chi connectivity index (χ1) is 16.6. The number of nitrogens with one attached hydrogen (secondary N) is 2. The fourth-order valence-electron chi connectivity index (χ4n) is 3.96. The Balaban J connectivity index is 1.19. The Morgan fingerprint density at radius 1 is 0.971 bits per heavy atom. The van der Waals surface area contributed by atoms with Gasteiger partial charge in [0.2, 0.25) is 0 Å². The van der Waals surface area contributed by atoms with Crippen molar-refractivity contribution in [3.05, 3.63) is 90.1 Å². The van der Waals surface area contributed by atoms with E-state index in [1.54, 1.807) is 24.3 Å². The molecule has 2 aromatic heterocycles. The molecule has 172 valence electrons. The van der Waals surface area contributed by atoms with Crippen molar-refractivity contribution in [1.29, 1.82) is 0 Å². The van der Waals surface area contributed by atoms with Gasteiger partial charge in [-0.1, -0.05) is 30.3 Å². The van der Waals surface area contributed by atoms with Gasteiger partial charge < -0.3 is 10.2 Å². The number of halogens is 1. The van der Waals surface area contributed by atoms with Gasteiger partial charge in [-0.2, -0.15) is 5.10 Å². The molecule has 34 heavy (non-hydrogen) atoms. The Bertz CT molecular complexity index is 1250. The standard InChI is InChI=1S/C25H24FN7O/c26-20-8-6-19(7-9-20)21-14-22(31-30-21)25(34)29-23-15-24(28-17-27-23)33-12-10-32(11-13-33)16-18-4-2-1-3-5-18/h1-9,14-15,17H,10-13,16H2,(H,30,31)(H,27,28,29,34). The van der Waals surface area contributed by atoms with E-state index in [0.717, 1.165) is 38.5 Å². The quantitative estimate of drug-likeness (QED) is 0.460. The Morgan fingerprint density at radius 3 is 2.50 bits per heavy atom. The first kappa shape index (κ1) is 21.7. The van der Waals surface area contributed by atoms with Crippen molar-refractivity contribution >= 4 is 17.5 Å². The molecule has 5 rings (SSSR count). The molecule has 1 saturated heterocycles. The summed E-state index contributed by atoms with van der Waals surface area (Å²) in [4.78, 5) is 25.9. The molecule has 1 aliphatic rings. The zero-order chi connectivity index (χ0) is 23.3. The van der Waals surface area contributed by atoms with E-state index in [0.29, 0.717) is 17.1 Å². The second kappa shape index (κ2) is 9.80. The number of H-pyrrole nitrogens is 1. The van der Waals surface area contributed by atoms with Gasteiger partial charge in [0.1, 0.15) is 29.5 Å². The Morgan fingerprint density at radius 2 is 1.74 bits per heavy atom. The smallest absolute Gasteiger partial charge is 0.274 e. The van der Waals surface area contributed by atoms with Crippen molar-refractivity contribution in [2.45, 2.75) is 6.54 Å².